The number of carbonyl (C=O) groups excluding carboxylic acids is 1. The Morgan fingerprint density at radius 1 is 0.971 bits per heavy atom. The van der Waals surface area contributed by atoms with Gasteiger partial charge in [-0.2, -0.15) is 5.10 Å². The Balaban J connectivity index is 1.42. The van der Waals surface area contributed by atoms with E-state index in [1.165, 1.54) is 5.56 Å². The summed E-state index contributed by atoms with van der Waals surface area (Å²) in [6.45, 7) is 4.80. The Morgan fingerprint density at radius 3 is 2.54 bits per heavy atom. The SMILES string of the molecule is COc1cccc2c(C(=O)Nc3ccccc3Cc3ccccc3)nn(CCN3CCOCC3)c12. The number of para-hydroxylation sites is 2. The van der Waals surface area contributed by atoms with Crippen molar-refractivity contribution in [3.63, 3.8) is 0 Å². The number of aromatic nitrogens is 2. The van der Waals surface area contributed by atoms with E-state index in [2.05, 4.69) is 22.3 Å². The topological polar surface area (TPSA) is 68.6 Å². The first-order chi connectivity index (χ1) is 17.2. The minimum Gasteiger partial charge on any atom is -0.494 e. The number of morpholine rings is 1. The largest absolute Gasteiger partial charge is 0.494 e. The number of anilines is 1. The molecule has 1 aliphatic rings. The lowest BCUT2D eigenvalue weighted by molar-refractivity contribution is 0.0361. The van der Waals surface area contributed by atoms with Crippen molar-refractivity contribution in [3.8, 4) is 5.75 Å². The van der Waals surface area contributed by atoms with Crippen molar-refractivity contribution in [2.45, 2.75) is 13.0 Å². The van der Waals surface area contributed by atoms with E-state index in [0.29, 0.717) is 18.0 Å². The highest BCUT2D eigenvalue weighted by Gasteiger charge is 2.21. The summed E-state index contributed by atoms with van der Waals surface area (Å²) in [4.78, 5) is 15.9. The van der Waals surface area contributed by atoms with Gasteiger partial charge in [0.2, 0.25) is 0 Å². The van der Waals surface area contributed by atoms with Gasteiger partial charge in [0.05, 0.1) is 26.9 Å². The molecule has 0 bridgehead atoms. The Kier molecular flexibility index (Phi) is 7.07. The van der Waals surface area contributed by atoms with Gasteiger partial charge in [-0.1, -0.05) is 60.7 Å². The summed E-state index contributed by atoms with van der Waals surface area (Å²) >= 11 is 0. The fourth-order valence-electron chi connectivity index (χ4n) is 4.55. The first kappa shape index (κ1) is 23.1. The van der Waals surface area contributed by atoms with E-state index in [9.17, 15) is 4.79 Å². The number of nitrogens with zero attached hydrogens (tertiary/aromatic N) is 3. The third-order valence-electron chi connectivity index (χ3n) is 6.40. The van der Waals surface area contributed by atoms with E-state index in [1.807, 2.05) is 65.3 Å². The molecule has 4 aromatic rings. The molecule has 1 fully saturated rings. The summed E-state index contributed by atoms with van der Waals surface area (Å²) in [5.74, 6) is 0.481. The van der Waals surface area contributed by atoms with Crippen molar-refractivity contribution in [2.24, 2.45) is 0 Å². The van der Waals surface area contributed by atoms with E-state index < -0.39 is 0 Å². The molecule has 1 N–H and O–H groups in total. The van der Waals surface area contributed by atoms with Crippen molar-refractivity contribution in [2.75, 3.05) is 45.3 Å². The number of hydrogen-bond donors (Lipinski definition) is 1. The first-order valence-corrected chi connectivity index (χ1v) is 12.0. The molecule has 2 heterocycles. The zero-order valence-electron chi connectivity index (χ0n) is 19.9. The molecule has 0 spiro atoms. The lowest BCUT2D eigenvalue weighted by Crippen LogP contribution is -2.38. The van der Waals surface area contributed by atoms with Gasteiger partial charge in [-0.3, -0.25) is 14.4 Å². The Bertz CT molecular complexity index is 1300. The predicted octanol–water partition coefficient (Wildman–Crippen LogP) is 4.22. The van der Waals surface area contributed by atoms with Gasteiger partial charge in [0.1, 0.15) is 11.3 Å². The van der Waals surface area contributed by atoms with Crippen LogP contribution in [0.4, 0.5) is 5.69 Å². The number of nitrogens with one attached hydrogen (secondary N) is 1. The van der Waals surface area contributed by atoms with Gasteiger partial charge in [-0.05, 0) is 29.7 Å². The van der Waals surface area contributed by atoms with Crippen LogP contribution in [0.15, 0.2) is 72.8 Å². The summed E-state index contributed by atoms with van der Waals surface area (Å²) in [5, 5.41) is 8.65. The second-order valence-corrected chi connectivity index (χ2v) is 8.66. The molecule has 1 amide bonds. The van der Waals surface area contributed by atoms with Crippen LogP contribution < -0.4 is 10.1 Å². The molecule has 7 nitrogen and oxygen atoms in total. The van der Waals surface area contributed by atoms with Gasteiger partial charge in [0.25, 0.3) is 5.91 Å². The molecule has 1 aliphatic heterocycles. The van der Waals surface area contributed by atoms with Crippen LogP contribution in [0.25, 0.3) is 10.9 Å². The highest BCUT2D eigenvalue weighted by Crippen LogP contribution is 2.29. The van der Waals surface area contributed by atoms with Gasteiger partial charge >= 0.3 is 0 Å². The summed E-state index contributed by atoms with van der Waals surface area (Å²) in [7, 11) is 1.65. The summed E-state index contributed by atoms with van der Waals surface area (Å²) in [5.41, 5.74) is 4.28. The monoisotopic (exact) mass is 470 g/mol. The second kappa shape index (κ2) is 10.7. The molecular weight excluding hydrogens is 440 g/mol. The molecular formula is C28H30N4O3. The van der Waals surface area contributed by atoms with Gasteiger partial charge in [-0.25, -0.2) is 0 Å². The molecule has 5 rings (SSSR count). The maximum Gasteiger partial charge on any atom is 0.276 e. The number of methoxy groups -OCH3 is 1. The maximum atomic E-state index is 13.5. The van der Waals surface area contributed by atoms with Crippen molar-refractivity contribution >= 4 is 22.5 Å². The van der Waals surface area contributed by atoms with Crippen LogP contribution in [0.2, 0.25) is 0 Å². The molecule has 180 valence electrons. The standard InChI is InChI=1S/C28H30N4O3/c1-34-25-13-7-11-23-26(30-32(27(23)25)15-14-31-16-18-35-19-17-31)28(33)29-24-12-6-5-10-22(24)20-21-8-3-2-4-9-21/h2-13H,14-20H2,1H3,(H,29,33). The number of rotatable bonds is 8. The zero-order valence-corrected chi connectivity index (χ0v) is 19.9. The maximum absolute atomic E-state index is 13.5. The first-order valence-electron chi connectivity index (χ1n) is 12.0. The molecule has 0 unspecified atom stereocenters. The van der Waals surface area contributed by atoms with E-state index in [4.69, 9.17) is 14.6 Å². The molecule has 0 radical (unpaired) electrons. The van der Waals surface area contributed by atoms with Gasteiger partial charge in [0.15, 0.2) is 5.69 Å². The van der Waals surface area contributed by atoms with Crippen molar-refractivity contribution in [3.05, 3.63) is 89.6 Å². The van der Waals surface area contributed by atoms with Crippen LogP contribution in [-0.2, 0) is 17.7 Å². The Labute approximate surface area is 205 Å². The van der Waals surface area contributed by atoms with Gasteiger partial charge in [-0.15, -0.1) is 0 Å². The minimum atomic E-state index is -0.228. The number of hydrogen-bond acceptors (Lipinski definition) is 5. The number of carbonyl (C=O) groups is 1. The second-order valence-electron chi connectivity index (χ2n) is 8.66. The van der Waals surface area contributed by atoms with E-state index in [-0.39, 0.29) is 5.91 Å². The van der Waals surface area contributed by atoms with Crippen LogP contribution in [0.3, 0.4) is 0 Å². The molecule has 0 atom stereocenters. The molecule has 1 aromatic heterocycles. The van der Waals surface area contributed by atoms with Crippen LogP contribution >= 0.6 is 0 Å². The molecule has 0 aliphatic carbocycles. The highest BCUT2D eigenvalue weighted by atomic mass is 16.5. The fraction of sp³-hybridized carbons (Fsp3) is 0.286. The summed E-state index contributed by atoms with van der Waals surface area (Å²) in [6, 6.07) is 23.9. The number of fused-ring (bicyclic) bond motifs is 1. The van der Waals surface area contributed by atoms with Crippen LogP contribution in [0, 0.1) is 0 Å². The van der Waals surface area contributed by atoms with Crippen LogP contribution in [-0.4, -0.2) is 60.5 Å². The van der Waals surface area contributed by atoms with Crippen molar-refractivity contribution in [1.29, 1.82) is 0 Å². The third kappa shape index (κ3) is 5.21. The highest BCUT2D eigenvalue weighted by molar-refractivity contribution is 6.12. The minimum absolute atomic E-state index is 0.228. The van der Waals surface area contributed by atoms with Crippen molar-refractivity contribution < 1.29 is 14.3 Å². The number of ether oxygens (including phenoxy) is 2. The quantitative estimate of drug-likeness (QED) is 0.418. The summed E-state index contributed by atoms with van der Waals surface area (Å²) in [6.07, 6.45) is 0.736. The zero-order chi connectivity index (χ0) is 24.0. The lowest BCUT2D eigenvalue weighted by atomic mass is 10.0. The molecule has 1 saturated heterocycles. The average Bonchev–Trinajstić information content (AvgIpc) is 3.29. The lowest BCUT2D eigenvalue weighted by Gasteiger charge is -2.26. The normalized spacial score (nSPS) is 14.2. The fourth-order valence-corrected chi connectivity index (χ4v) is 4.55. The van der Waals surface area contributed by atoms with E-state index >= 15 is 0 Å². The molecule has 35 heavy (non-hydrogen) atoms. The third-order valence-corrected chi connectivity index (χ3v) is 6.40. The number of amides is 1. The van der Waals surface area contributed by atoms with Crippen molar-refractivity contribution in [1.82, 2.24) is 14.7 Å². The van der Waals surface area contributed by atoms with Gasteiger partial charge < -0.3 is 14.8 Å². The summed E-state index contributed by atoms with van der Waals surface area (Å²) < 4.78 is 13.0. The predicted molar refractivity (Wildman–Crippen MR) is 137 cm³/mol. The molecule has 3 aromatic carbocycles. The van der Waals surface area contributed by atoms with Gasteiger partial charge in [0, 0.05) is 30.7 Å². The van der Waals surface area contributed by atoms with Crippen LogP contribution in [0.5, 0.6) is 5.75 Å². The molecule has 7 heteroatoms. The van der Waals surface area contributed by atoms with Crippen LogP contribution in [0.1, 0.15) is 21.6 Å². The van der Waals surface area contributed by atoms with E-state index in [1.54, 1.807) is 7.11 Å². The Hall–Kier alpha value is -3.68. The smallest absolute Gasteiger partial charge is 0.276 e. The Morgan fingerprint density at radius 2 is 1.74 bits per heavy atom. The number of benzene rings is 3. The molecule has 0 saturated carbocycles. The van der Waals surface area contributed by atoms with E-state index in [0.717, 1.165) is 61.4 Å². The average molecular weight is 471 g/mol.